The Morgan fingerprint density at radius 2 is 1.56 bits per heavy atom. The van der Waals surface area contributed by atoms with Crippen LogP contribution in [0.3, 0.4) is 0 Å². The summed E-state index contributed by atoms with van der Waals surface area (Å²) in [6, 6.07) is 6.62. The molecule has 1 atom stereocenters. The third kappa shape index (κ3) is 2.73. The van der Waals surface area contributed by atoms with Crippen LogP contribution >= 0.6 is 15.9 Å². The minimum atomic E-state index is -1.42. The fourth-order valence-electron chi connectivity index (χ4n) is 1.64. The van der Waals surface area contributed by atoms with E-state index in [0.29, 0.717) is 10.5 Å². The summed E-state index contributed by atoms with van der Waals surface area (Å²) in [7, 11) is 0. The minimum Gasteiger partial charge on any atom is -0.384 e. The van der Waals surface area contributed by atoms with E-state index in [1.165, 1.54) is 12.1 Å². The Labute approximate surface area is 110 Å². The SMILES string of the molecule is OC(c1cc(F)cc(F)c1)c1cc(Br)ccc1F. The largest absolute Gasteiger partial charge is 0.384 e. The molecule has 0 spiro atoms. The van der Waals surface area contributed by atoms with E-state index < -0.39 is 23.6 Å². The molecular formula is C13H8BrF3O. The topological polar surface area (TPSA) is 20.2 Å². The molecule has 0 saturated heterocycles. The second kappa shape index (κ2) is 5.12. The van der Waals surface area contributed by atoms with E-state index >= 15 is 0 Å². The number of benzene rings is 2. The lowest BCUT2D eigenvalue weighted by atomic mass is 10.0. The average Bonchev–Trinajstić information content (AvgIpc) is 2.30. The van der Waals surface area contributed by atoms with E-state index in [1.807, 2.05) is 0 Å². The molecule has 2 aromatic rings. The highest BCUT2D eigenvalue weighted by Gasteiger charge is 2.17. The normalized spacial score (nSPS) is 12.5. The maximum absolute atomic E-state index is 13.5. The predicted molar refractivity (Wildman–Crippen MR) is 64.5 cm³/mol. The van der Waals surface area contributed by atoms with Crippen molar-refractivity contribution in [3.8, 4) is 0 Å². The minimum absolute atomic E-state index is 0.0375. The maximum atomic E-state index is 13.5. The van der Waals surface area contributed by atoms with Crippen molar-refractivity contribution in [2.45, 2.75) is 6.10 Å². The summed E-state index contributed by atoms with van der Waals surface area (Å²) < 4.78 is 40.2. The lowest BCUT2D eigenvalue weighted by molar-refractivity contribution is 0.214. The molecule has 0 aliphatic carbocycles. The van der Waals surface area contributed by atoms with E-state index in [9.17, 15) is 18.3 Å². The zero-order chi connectivity index (χ0) is 13.3. The number of hydrogen-bond acceptors (Lipinski definition) is 1. The van der Waals surface area contributed by atoms with Gasteiger partial charge in [-0.05, 0) is 35.9 Å². The third-order valence-electron chi connectivity index (χ3n) is 2.45. The molecule has 0 radical (unpaired) electrons. The Morgan fingerprint density at radius 3 is 2.17 bits per heavy atom. The van der Waals surface area contributed by atoms with E-state index in [-0.39, 0.29) is 11.1 Å². The van der Waals surface area contributed by atoms with E-state index in [0.717, 1.165) is 18.2 Å². The van der Waals surface area contributed by atoms with Crippen LogP contribution < -0.4 is 0 Å². The number of aliphatic hydroxyl groups excluding tert-OH is 1. The molecule has 5 heteroatoms. The van der Waals surface area contributed by atoms with Gasteiger partial charge in [-0.3, -0.25) is 0 Å². The van der Waals surface area contributed by atoms with E-state index in [1.54, 1.807) is 0 Å². The van der Waals surface area contributed by atoms with Crippen molar-refractivity contribution in [1.29, 1.82) is 0 Å². The van der Waals surface area contributed by atoms with Crippen LogP contribution in [0.1, 0.15) is 17.2 Å². The Hall–Kier alpha value is -1.33. The fraction of sp³-hybridized carbons (Fsp3) is 0.0769. The van der Waals surface area contributed by atoms with Gasteiger partial charge in [0.1, 0.15) is 23.6 Å². The fourth-order valence-corrected chi connectivity index (χ4v) is 2.02. The van der Waals surface area contributed by atoms with Gasteiger partial charge in [-0.15, -0.1) is 0 Å². The number of hydrogen-bond donors (Lipinski definition) is 1. The van der Waals surface area contributed by atoms with Crippen molar-refractivity contribution < 1.29 is 18.3 Å². The van der Waals surface area contributed by atoms with Gasteiger partial charge in [-0.1, -0.05) is 15.9 Å². The summed E-state index contributed by atoms with van der Waals surface area (Å²) in [5.74, 6) is -2.28. The van der Waals surface area contributed by atoms with Crippen LogP contribution in [-0.4, -0.2) is 5.11 Å². The quantitative estimate of drug-likeness (QED) is 0.889. The summed E-state index contributed by atoms with van der Waals surface area (Å²) >= 11 is 3.14. The smallest absolute Gasteiger partial charge is 0.129 e. The van der Waals surface area contributed by atoms with Gasteiger partial charge in [-0.2, -0.15) is 0 Å². The maximum Gasteiger partial charge on any atom is 0.129 e. The van der Waals surface area contributed by atoms with Crippen LogP contribution in [0.15, 0.2) is 40.9 Å². The molecule has 0 saturated carbocycles. The van der Waals surface area contributed by atoms with Crippen LogP contribution in [-0.2, 0) is 0 Å². The van der Waals surface area contributed by atoms with Crippen molar-refractivity contribution >= 4 is 15.9 Å². The standard InChI is InChI=1S/C13H8BrF3O/c14-8-1-2-12(17)11(5-8)13(18)7-3-9(15)6-10(16)4-7/h1-6,13,18H. The average molecular weight is 317 g/mol. The molecule has 0 aliphatic heterocycles. The number of rotatable bonds is 2. The highest BCUT2D eigenvalue weighted by Crippen LogP contribution is 2.27. The first-order valence-electron chi connectivity index (χ1n) is 5.06. The van der Waals surface area contributed by atoms with Crippen molar-refractivity contribution in [3.63, 3.8) is 0 Å². The lowest BCUT2D eigenvalue weighted by Crippen LogP contribution is -2.03. The highest BCUT2D eigenvalue weighted by molar-refractivity contribution is 9.10. The molecule has 2 aromatic carbocycles. The molecule has 1 N–H and O–H groups in total. The van der Waals surface area contributed by atoms with Gasteiger partial charge in [0.05, 0.1) is 0 Å². The van der Waals surface area contributed by atoms with Crippen LogP contribution in [0.2, 0.25) is 0 Å². The zero-order valence-electron chi connectivity index (χ0n) is 9.00. The van der Waals surface area contributed by atoms with Crippen molar-refractivity contribution in [2.75, 3.05) is 0 Å². The molecular weight excluding hydrogens is 309 g/mol. The van der Waals surface area contributed by atoms with Crippen molar-refractivity contribution in [2.24, 2.45) is 0 Å². The Morgan fingerprint density at radius 1 is 0.944 bits per heavy atom. The van der Waals surface area contributed by atoms with Crippen molar-refractivity contribution in [3.05, 3.63) is 69.4 Å². The van der Waals surface area contributed by atoms with Crippen LogP contribution in [0.25, 0.3) is 0 Å². The molecule has 0 fully saturated rings. The molecule has 0 bridgehead atoms. The highest BCUT2D eigenvalue weighted by atomic mass is 79.9. The zero-order valence-corrected chi connectivity index (χ0v) is 10.6. The Balaban J connectivity index is 2.47. The first-order chi connectivity index (χ1) is 8.47. The summed E-state index contributed by atoms with van der Waals surface area (Å²) in [4.78, 5) is 0. The van der Waals surface area contributed by atoms with Gasteiger partial charge in [-0.25, -0.2) is 13.2 Å². The second-order valence-electron chi connectivity index (χ2n) is 3.77. The lowest BCUT2D eigenvalue weighted by Gasteiger charge is -2.13. The first kappa shape index (κ1) is 13.1. The predicted octanol–water partition coefficient (Wildman–Crippen LogP) is 3.95. The third-order valence-corrected chi connectivity index (χ3v) is 2.95. The number of halogens is 4. The summed E-state index contributed by atoms with van der Waals surface area (Å²) in [6.07, 6.45) is -1.42. The molecule has 1 nitrogen and oxygen atoms in total. The van der Waals surface area contributed by atoms with Crippen LogP contribution in [0, 0.1) is 17.5 Å². The van der Waals surface area contributed by atoms with Gasteiger partial charge in [0.15, 0.2) is 0 Å². The molecule has 0 amide bonds. The van der Waals surface area contributed by atoms with Gasteiger partial charge in [0.2, 0.25) is 0 Å². The molecule has 0 aliphatic rings. The van der Waals surface area contributed by atoms with Gasteiger partial charge >= 0.3 is 0 Å². The van der Waals surface area contributed by atoms with Gasteiger partial charge in [0, 0.05) is 16.1 Å². The second-order valence-corrected chi connectivity index (χ2v) is 4.69. The molecule has 18 heavy (non-hydrogen) atoms. The Kier molecular flexibility index (Phi) is 3.73. The van der Waals surface area contributed by atoms with Gasteiger partial charge < -0.3 is 5.11 Å². The van der Waals surface area contributed by atoms with E-state index in [4.69, 9.17) is 0 Å². The molecule has 0 heterocycles. The summed E-state index contributed by atoms with van der Waals surface area (Å²) in [6.45, 7) is 0. The van der Waals surface area contributed by atoms with Crippen LogP contribution in [0.4, 0.5) is 13.2 Å². The number of aliphatic hydroxyl groups is 1. The molecule has 0 aromatic heterocycles. The van der Waals surface area contributed by atoms with E-state index in [2.05, 4.69) is 15.9 Å². The summed E-state index contributed by atoms with van der Waals surface area (Å²) in [5, 5.41) is 9.95. The Bertz CT molecular complexity index is 566. The first-order valence-corrected chi connectivity index (χ1v) is 5.85. The van der Waals surface area contributed by atoms with Crippen LogP contribution in [0.5, 0.6) is 0 Å². The molecule has 2 rings (SSSR count). The van der Waals surface area contributed by atoms with Crippen molar-refractivity contribution in [1.82, 2.24) is 0 Å². The summed E-state index contributed by atoms with van der Waals surface area (Å²) in [5.41, 5.74) is -0.0844. The monoisotopic (exact) mass is 316 g/mol. The molecule has 94 valence electrons. The molecule has 1 unspecified atom stereocenters. The van der Waals surface area contributed by atoms with Gasteiger partial charge in [0.25, 0.3) is 0 Å².